The summed E-state index contributed by atoms with van der Waals surface area (Å²) in [6, 6.07) is 21.0. The van der Waals surface area contributed by atoms with Crippen LogP contribution in [0.1, 0.15) is 47.7 Å². The van der Waals surface area contributed by atoms with Crippen LogP contribution in [-0.4, -0.2) is 35.2 Å². The number of rotatable bonds is 7. The van der Waals surface area contributed by atoms with Crippen LogP contribution in [0.25, 0.3) is 11.1 Å². The lowest BCUT2D eigenvalue weighted by Crippen LogP contribution is -2.51. The monoisotopic (exact) mass is 584 g/mol. The van der Waals surface area contributed by atoms with E-state index in [1.807, 2.05) is 59.0 Å². The second-order valence-corrected chi connectivity index (χ2v) is 9.87. The third-order valence-corrected chi connectivity index (χ3v) is 6.94. The zero-order valence-corrected chi connectivity index (χ0v) is 21.5. The molecule has 0 saturated heterocycles. The van der Waals surface area contributed by atoms with Crippen molar-refractivity contribution in [2.75, 3.05) is 11.9 Å². The zero-order valence-electron chi connectivity index (χ0n) is 19.3. The molecule has 3 aromatic carbocycles. The second kappa shape index (κ2) is 10.1. The van der Waals surface area contributed by atoms with E-state index in [4.69, 9.17) is 4.74 Å². The first-order chi connectivity index (χ1) is 16.7. The molecule has 3 N–H and O–H groups in total. The summed E-state index contributed by atoms with van der Waals surface area (Å²) in [6.07, 6.45) is -0.410. The van der Waals surface area contributed by atoms with Crippen molar-refractivity contribution in [2.24, 2.45) is 0 Å². The molecule has 1 aliphatic rings. The van der Waals surface area contributed by atoms with Gasteiger partial charge in [-0.2, -0.15) is 0 Å². The van der Waals surface area contributed by atoms with E-state index in [9.17, 15) is 19.5 Å². The standard InChI is InChI=1S/C27H25IN2O5/c1-3-27(2,25(32)33)30-24(31)16-12-17(28)14-18(13-16)29-26(34)35-15-23-21-10-6-4-8-19(21)20-9-5-7-11-22(20)23/h4-14,23H,3,15H2,1-2H3,(H,29,34)(H,30,31)(H,32,33). The van der Waals surface area contributed by atoms with Gasteiger partial charge in [0, 0.05) is 20.7 Å². The fourth-order valence-electron chi connectivity index (χ4n) is 4.16. The highest BCUT2D eigenvalue weighted by Crippen LogP contribution is 2.44. The maximum Gasteiger partial charge on any atom is 0.411 e. The Morgan fingerprint density at radius 1 is 1.00 bits per heavy atom. The first-order valence-electron chi connectivity index (χ1n) is 11.2. The zero-order chi connectivity index (χ0) is 25.2. The minimum absolute atomic E-state index is 0.0619. The van der Waals surface area contributed by atoms with Gasteiger partial charge < -0.3 is 15.2 Å². The van der Waals surface area contributed by atoms with Crippen molar-refractivity contribution >= 4 is 46.2 Å². The summed E-state index contributed by atoms with van der Waals surface area (Å²) in [5.41, 5.74) is 3.76. The molecule has 4 rings (SSSR count). The fraction of sp³-hybridized carbons (Fsp3) is 0.222. The van der Waals surface area contributed by atoms with Gasteiger partial charge in [-0.25, -0.2) is 9.59 Å². The van der Waals surface area contributed by atoms with E-state index in [2.05, 4.69) is 22.8 Å². The lowest BCUT2D eigenvalue weighted by molar-refractivity contribution is -0.143. The third kappa shape index (κ3) is 5.17. The minimum Gasteiger partial charge on any atom is -0.480 e. The van der Waals surface area contributed by atoms with Crippen molar-refractivity contribution in [3.63, 3.8) is 0 Å². The van der Waals surface area contributed by atoms with Crippen molar-refractivity contribution < 1.29 is 24.2 Å². The number of amides is 2. The molecular weight excluding hydrogens is 559 g/mol. The molecular formula is C27H25IN2O5. The van der Waals surface area contributed by atoms with Crippen LogP contribution in [0.15, 0.2) is 66.7 Å². The van der Waals surface area contributed by atoms with Crippen molar-refractivity contribution in [1.82, 2.24) is 5.32 Å². The fourth-order valence-corrected chi connectivity index (χ4v) is 4.83. The molecule has 2 amide bonds. The van der Waals surface area contributed by atoms with Crippen molar-refractivity contribution in [1.29, 1.82) is 0 Å². The Kier molecular flexibility index (Phi) is 7.11. The highest BCUT2D eigenvalue weighted by molar-refractivity contribution is 14.1. The quantitative estimate of drug-likeness (QED) is 0.312. The molecule has 0 radical (unpaired) electrons. The number of hydrogen-bond donors (Lipinski definition) is 3. The molecule has 35 heavy (non-hydrogen) atoms. The molecule has 0 heterocycles. The highest BCUT2D eigenvalue weighted by atomic mass is 127. The number of nitrogens with one attached hydrogen (secondary N) is 2. The molecule has 0 spiro atoms. The summed E-state index contributed by atoms with van der Waals surface area (Å²) >= 11 is 2.04. The van der Waals surface area contributed by atoms with E-state index < -0.39 is 23.5 Å². The number of anilines is 1. The summed E-state index contributed by atoms with van der Waals surface area (Å²) in [6.45, 7) is 3.31. The van der Waals surface area contributed by atoms with Crippen molar-refractivity contribution in [3.05, 3.63) is 87.0 Å². The maximum absolute atomic E-state index is 12.7. The number of benzene rings is 3. The average Bonchev–Trinajstić information content (AvgIpc) is 3.16. The van der Waals surface area contributed by atoms with Crippen LogP contribution < -0.4 is 10.6 Å². The Hall–Kier alpha value is -3.40. The Balaban J connectivity index is 1.45. The van der Waals surface area contributed by atoms with Gasteiger partial charge in [-0.3, -0.25) is 10.1 Å². The third-order valence-electron chi connectivity index (χ3n) is 6.32. The first-order valence-corrected chi connectivity index (χ1v) is 12.3. The van der Waals surface area contributed by atoms with Gasteiger partial charge in [0.2, 0.25) is 0 Å². The predicted molar refractivity (Wildman–Crippen MR) is 142 cm³/mol. The molecule has 0 aliphatic heterocycles. The molecule has 1 aliphatic carbocycles. The summed E-state index contributed by atoms with van der Waals surface area (Å²) in [5.74, 6) is -1.71. The normalized spacial score (nSPS) is 13.8. The summed E-state index contributed by atoms with van der Waals surface area (Å²) in [5, 5.41) is 14.7. The number of aliphatic carboxylic acids is 1. The number of carbonyl (C=O) groups is 3. The summed E-state index contributed by atoms with van der Waals surface area (Å²) in [7, 11) is 0. The Morgan fingerprint density at radius 3 is 2.17 bits per heavy atom. The second-order valence-electron chi connectivity index (χ2n) is 8.62. The van der Waals surface area contributed by atoms with E-state index in [0.29, 0.717) is 9.26 Å². The van der Waals surface area contributed by atoms with Crippen LogP contribution in [0.3, 0.4) is 0 Å². The van der Waals surface area contributed by atoms with Crippen LogP contribution in [0, 0.1) is 3.57 Å². The summed E-state index contributed by atoms with van der Waals surface area (Å²) < 4.78 is 6.29. The first kappa shape index (κ1) is 24.7. The van der Waals surface area contributed by atoms with Gasteiger partial charge >= 0.3 is 12.1 Å². The van der Waals surface area contributed by atoms with Gasteiger partial charge in [0.25, 0.3) is 5.91 Å². The lowest BCUT2D eigenvalue weighted by atomic mass is 9.98. The highest BCUT2D eigenvalue weighted by Gasteiger charge is 2.33. The molecule has 0 fully saturated rings. The van der Waals surface area contributed by atoms with Crippen LogP contribution >= 0.6 is 22.6 Å². The van der Waals surface area contributed by atoms with Crippen molar-refractivity contribution in [2.45, 2.75) is 31.7 Å². The molecule has 7 nitrogen and oxygen atoms in total. The molecule has 1 atom stereocenters. The lowest BCUT2D eigenvalue weighted by Gasteiger charge is -2.24. The number of carboxylic acids is 1. The van der Waals surface area contributed by atoms with E-state index in [0.717, 1.165) is 22.3 Å². The smallest absolute Gasteiger partial charge is 0.411 e. The van der Waals surface area contributed by atoms with Crippen LogP contribution in [0.4, 0.5) is 10.5 Å². The van der Waals surface area contributed by atoms with Crippen LogP contribution in [-0.2, 0) is 9.53 Å². The van der Waals surface area contributed by atoms with Gasteiger partial charge in [0.1, 0.15) is 12.1 Å². The van der Waals surface area contributed by atoms with Crippen LogP contribution in [0.5, 0.6) is 0 Å². The Morgan fingerprint density at radius 2 is 1.60 bits per heavy atom. The molecule has 1 unspecified atom stereocenters. The minimum atomic E-state index is -1.39. The maximum atomic E-state index is 12.7. The van der Waals surface area contributed by atoms with Crippen molar-refractivity contribution in [3.8, 4) is 11.1 Å². The molecule has 0 aromatic heterocycles. The Bertz CT molecular complexity index is 1260. The number of hydrogen-bond acceptors (Lipinski definition) is 4. The Labute approximate surface area is 217 Å². The number of fused-ring (bicyclic) bond motifs is 3. The van der Waals surface area contributed by atoms with Gasteiger partial charge in [-0.05, 0) is 76.4 Å². The SMILES string of the molecule is CCC(C)(NC(=O)c1cc(I)cc(NC(=O)OCC2c3ccccc3-c3ccccc32)c1)C(=O)O. The molecule has 0 saturated carbocycles. The van der Waals surface area contributed by atoms with Gasteiger partial charge in [0.15, 0.2) is 0 Å². The molecule has 180 valence electrons. The number of ether oxygens (including phenoxy) is 1. The number of carboxylic acid groups (broad SMARTS) is 1. The van der Waals surface area contributed by atoms with E-state index in [1.54, 1.807) is 19.1 Å². The van der Waals surface area contributed by atoms with E-state index >= 15 is 0 Å². The average molecular weight is 584 g/mol. The summed E-state index contributed by atoms with van der Waals surface area (Å²) in [4.78, 5) is 36.9. The predicted octanol–water partition coefficient (Wildman–Crippen LogP) is 5.64. The van der Waals surface area contributed by atoms with Crippen LogP contribution in [0.2, 0.25) is 0 Å². The topological polar surface area (TPSA) is 105 Å². The molecule has 3 aromatic rings. The largest absolute Gasteiger partial charge is 0.480 e. The van der Waals surface area contributed by atoms with E-state index in [1.165, 1.54) is 13.0 Å². The van der Waals surface area contributed by atoms with E-state index in [-0.39, 0.29) is 24.5 Å². The van der Waals surface area contributed by atoms with Gasteiger partial charge in [-0.1, -0.05) is 55.5 Å². The van der Waals surface area contributed by atoms with Gasteiger partial charge in [-0.15, -0.1) is 0 Å². The molecule has 0 bridgehead atoms. The molecule has 8 heteroatoms. The number of carbonyl (C=O) groups excluding carboxylic acids is 2. The number of halogens is 1. The van der Waals surface area contributed by atoms with Gasteiger partial charge in [0.05, 0.1) is 0 Å².